The third-order valence-electron chi connectivity index (χ3n) is 3.00. The Kier molecular flexibility index (Phi) is 4.57. The van der Waals surface area contributed by atoms with E-state index < -0.39 is 28.0 Å². The molecule has 0 spiro atoms. The third-order valence-corrected chi connectivity index (χ3v) is 4.11. The van der Waals surface area contributed by atoms with Gasteiger partial charge in [0.15, 0.2) is 15.6 Å². The summed E-state index contributed by atoms with van der Waals surface area (Å²) in [5.41, 5.74) is 0.748. The van der Waals surface area contributed by atoms with Crippen LogP contribution in [0.1, 0.15) is 5.56 Å². The molecule has 0 aromatic heterocycles. The standard InChI is InChI=1S/C16H12F2O3S/c1-22(20,21)13-4-2-3-11(9-13)5-6-12-7-8-15(19)14(10-12)16(17)18/h2-4,7-10,14,16H,1H3. The first kappa shape index (κ1) is 16.1. The molecule has 1 aromatic rings. The van der Waals surface area contributed by atoms with Crippen molar-refractivity contribution in [1.29, 1.82) is 0 Å². The van der Waals surface area contributed by atoms with Gasteiger partial charge in [-0.2, -0.15) is 0 Å². The molecule has 0 heterocycles. The molecule has 1 aromatic carbocycles. The Labute approximate surface area is 127 Å². The summed E-state index contributed by atoms with van der Waals surface area (Å²) in [7, 11) is -3.34. The van der Waals surface area contributed by atoms with Gasteiger partial charge in [0, 0.05) is 17.4 Å². The number of halogens is 2. The van der Waals surface area contributed by atoms with Gasteiger partial charge in [0.2, 0.25) is 0 Å². The highest BCUT2D eigenvalue weighted by molar-refractivity contribution is 7.90. The molecule has 1 atom stereocenters. The lowest BCUT2D eigenvalue weighted by Gasteiger charge is -2.11. The van der Waals surface area contributed by atoms with Crippen LogP contribution in [0.25, 0.3) is 0 Å². The van der Waals surface area contributed by atoms with E-state index in [1.54, 1.807) is 12.1 Å². The summed E-state index contributed by atoms with van der Waals surface area (Å²) in [4.78, 5) is 11.4. The van der Waals surface area contributed by atoms with Gasteiger partial charge < -0.3 is 0 Å². The van der Waals surface area contributed by atoms with Gasteiger partial charge >= 0.3 is 0 Å². The van der Waals surface area contributed by atoms with Crippen LogP contribution in [0.3, 0.4) is 0 Å². The van der Waals surface area contributed by atoms with Crippen LogP contribution < -0.4 is 0 Å². The van der Waals surface area contributed by atoms with Gasteiger partial charge in [-0.3, -0.25) is 4.79 Å². The topological polar surface area (TPSA) is 51.2 Å². The maximum absolute atomic E-state index is 12.7. The van der Waals surface area contributed by atoms with Crippen LogP contribution in [-0.4, -0.2) is 26.9 Å². The van der Waals surface area contributed by atoms with E-state index >= 15 is 0 Å². The predicted molar refractivity (Wildman–Crippen MR) is 78.2 cm³/mol. The minimum Gasteiger partial charge on any atom is -0.294 e. The molecule has 0 amide bonds. The number of allylic oxidation sites excluding steroid dienone is 4. The van der Waals surface area contributed by atoms with Gasteiger partial charge in [-0.05, 0) is 30.4 Å². The smallest absolute Gasteiger partial charge is 0.252 e. The molecular weight excluding hydrogens is 310 g/mol. The normalized spacial score (nSPS) is 17.9. The van der Waals surface area contributed by atoms with Crippen LogP contribution in [0, 0.1) is 17.8 Å². The summed E-state index contributed by atoms with van der Waals surface area (Å²) in [5.74, 6) is 3.25. The Morgan fingerprint density at radius 2 is 1.91 bits per heavy atom. The van der Waals surface area contributed by atoms with E-state index in [1.807, 2.05) is 0 Å². The number of hydrogen-bond acceptors (Lipinski definition) is 3. The zero-order chi connectivity index (χ0) is 16.3. The molecule has 0 aliphatic heterocycles. The summed E-state index contributed by atoms with van der Waals surface area (Å²) < 4.78 is 48.3. The minimum absolute atomic E-state index is 0.133. The SMILES string of the molecule is CS(=O)(=O)c1cccc(C#CC2=CC(C(F)F)C(=O)C=C2)c1. The largest absolute Gasteiger partial charge is 0.294 e. The fourth-order valence-electron chi connectivity index (χ4n) is 1.84. The van der Waals surface area contributed by atoms with Gasteiger partial charge in [0.25, 0.3) is 6.43 Å². The van der Waals surface area contributed by atoms with Gasteiger partial charge in [-0.25, -0.2) is 17.2 Å². The highest BCUT2D eigenvalue weighted by Gasteiger charge is 2.26. The van der Waals surface area contributed by atoms with Crippen LogP contribution in [0.4, 0.5) is 8.78 Å². The van der Waals surface area contributed by atoms with E-state index in [0.29, 0.717) is 11.1 Å². The first-order valence-electron chi connectivity index (χ1n) is 6.31. The zero-order valence-electron chi connectivity index (χ0n) is 11.6. The summed E-state index contributed by atoms with van der Waals surface area (Å²) in [6.07, 6.45) is 1.89. The Morgan fingerprint density at radius 3 is 2.55 bits per heavy atom. The Hall–Kier alpha value is -2.26. The molecule has 0 bridgehead atoms. The predicted octanol–water partition coefficient (Wildman–Crippen LogP) is 2.39. The molecular formula is C16H12F2O3S. The fourth-order valence-corrected chi connectivity index (χ4v) is 2.51. The molecule has 6 heteroatoms. The molecule has 114 valence electrons. The molecule has 0 radical (unpaired) electrons. The van der Waals surface area contributed by atoms with E-state index in [1.165, 1.54) is 18.2 Å². The lowest BCUT2D eigenvalue weighted by Crippen LogP contribution is -2.20. The maximum atomic E-state index is 12.7. The van der Waals surface area contributed by atoms with E-state index in [0.717, 1.165) is 18.4 Å². The molecule has 1 aliphatic rings. The number of sulfone groups is 1. The van der Waals surface area contributed by atoms with E-state index in [-0.39, 0.29) is 4.90 Å². The summed E-state index contributed by atoms with van der Waals surface area (Å²) in [6.45, 7) is 0. The van der Waals surface area contributed by atoms with Crippen molar-refractivity contribution >= 4 is 15.6 Å². The van der Waals surface area contributed by atoms with Crippen molar-refractivity contribution in [2.24, 2.45) is 5.92 Å². The van der Waals surface area contributed by atoms with Crippen LogP contribution in [0.5, 0.6) is 0 Å². The van der Waals surface area contributed by atoms with Crippen molar-refractivity contribution < 1.29 is 22.0 Å². The molecule has 22 heavy (non-hydrogen) atoms. The summed E-state index contributed by atoms with van der Waals surface area (Å²) >= 11 is 0. The molecule has 2 rings (SSSR count). The first-order chi connectivity index (χ1) is 10.3. The average Bonchev–Trinajstić information content (AvgIpc) is 2.45. The second-order valence-corrected chi connectivity index (χ2v) is 6.78. The maximum Gasteiger partial charge on any atom is 0.252 e. The van der Waals surface area contributed by atoms with Gasteiger partial charge in [-0.15, -0.1) is 0 Å². The molecule has 3 nitrogen and oxygen atoms in total. The molecule has 1 aliphatic carbocycles. The van der Waals surface area contributed by atoms with Crippen LogP contribution >= 0.6 is 0 Å². The van der Waals surface area contributed by atoms with Crippen LogP contribution in [-0.2, 0) is 14.6 Å². The fraction of sp³-hybridized carbons (Fsp3) is 0.188. The van der Waals surface area contributed by atoms with Crippen molar-refractivity contribution in [2.75, 3.05) is 6.26 Å². The number of ketones is 1. The number of alkyl halides is 2. The van der Waals surface area contributed by atoms with Crippen LogP contribution in [0.2, 0.25) is 0 Å². The number of carbonyl (C=O) groups is 1. The monoisotopic (exact) mass is 322 g/mol. The van der Waals surface area contributed by atoms with Gasteiger partial charge in [-0.1, -0.05) is 24.0 Å². The summed E-state index contributed by atoms with van der Waals surface area (Å²) in [5, 5.41) is 0. The lowest BCUT2D eigenvalue weighted by atomic mass is 9.95. The van der Waals surface area contributed by atoms with E-state index in [4.69, 9.17) is 0 Å². The molecule has 1 unspecified atom stereocenters. The minimum atomic E-state index is -3.34. The molecule has 0 fully saturated rings. The van der Waals surface area contributed by atoms with Crippen molar-refractivity contribution in [1.82, 2.24) is 0 Å². The second kappa shape index (κ2) is 6.24. The number of carbonyl (C=O) groups excluding carboxylic acids is 1. The molecule has 0 saturated carbocycles. The summed E-state index contributed by atoms with van der Waals surface area (Å²) in [6, 6.07) is 6.03. The molecule has 0 saturated heterocycles. The van der Waals surface area contributed by atoms with Gasteiger partial charge in [0.05, 0.1) is 4.90 Å². The van der Waals surface area contributed by atoms with E-state index in [2.05, 4.69) is 11.8 Å². The van der Waals surface area contributed by atoms with Gasteiger partial charge in [0.1, 0.15) is 5.92 Å². The van der Waals surface area contributed by atoms with E-state index in [9.17, 15) is 22.0 Å². The Bertz CT molecular complexity index is 824. The number of rotatable bonds is 2. The third kappa shape index (κ3) is 3.89. The Balaban J connectivity index is 2.30. The number of hydrogen-bond donors (Lipinski definition) is 0. The average molecular weight is 322 g/mol. The zero-order valence-corrected chi connectivity index (χ0v) is 12.4. The van der Waals surface area contributed by atoms with Crippen molar-refractivity contribution in [2.45, 2.75) is 11.3 Å². The molecule has 0 N–H and O–H groups in total. The highest BCUT2D eigenvalue weighted by atomic mass is 32.2. The van der Waals surface area contributed by atoms with Crippen molar-refractivity contribution in [3.8, 4) is 11.8 Å². The Morgan fingerprint density at radius 1 is 1.18 bits per heavy atom. The first-order valence-corrected chi connectivity index (χ1v) is 8.20. The van der Waals surface area contributed by atoms with Crippen molar-refractivity contribution in [3.63, 3.8) is 0 Å². The lowest BCUT2D eigenvalue weighted by molar-refractivity contribution is -0.120. The number of benzene rings is 1. The van der Waals surface area contributed by atoms with Crippen molar-refractivity contribution in [3.05, 3.63) is 53.6 Å². The second-order valence-electron chi connectivity index (χ2n) is 4.77. The quantitative estimate of drug-likeness (QED) is 0.786. The van der Waals surface area contributed by atoms with Crippen LogP contribution in [0.15, 0.2) is 53.0 Å². The highest BCUT2D eigenvalue weighted by Crippen LogP contribution is 2.20.